The highest BCUT2D eigenvalue weighted by Crippen LogP contribution is 2.43. The zero-order chi connectivity index (χ0) is 72.8. The Morgan fingerprint density at radius 2 is 1.47 bits per heavy atom. The van der Waals surface area contributed by atoms with Gasteiger partial charge in [0.1, 0.15) is 114 Å². The first kappa shape index (κ1) is 73.2. The molecule has 536 valence electrons. The molecule has 101 heavy (non-hydrogen) atoms. The first-order chi connectivity index (χ1) is 47.8. The summed E-state index contributed by atoms with van der Waals surface area (Å²) in [6, 6.07) is 1.07. The Balaban J connectivity index is 0.00000139. The van der Waals surface area contributed by atoms with E-state index in [1.807, 2.05) is 24.4 Å². The number of aromatic hydroxyl groups is 1. The van der Waals surface area contributed by atoms with E-state index in [9.17, 15) is 48.1 Å². The summed E-state index contributed by atoms with van der Waals surface area (Å²) < 4.78 is 70.1. The monoisotopic (exact) mass is 1500 g/mol. The summed E-state index contributed by atoms with van der Waals surface area (Å²) in [6.45, 7) is 4.96. The summed E-state index contributed by atoms with van der Waals surface area (Å²) in [5.41, 5.74) is -0.882. The van der Waals surface area contributed by atoms with Crippen LogP contribution >= 0.6 is 56.7 Å². The molecule has 31 nitrogen and oxygen atoms in total. The lowest BCUT2D eigenvalue weighted by molar-refractivity contribution is -0.280. The molecule has 0 aliphatic carbocycles. The van der Waals surface area contributed by atoms with Crippen LogP contribution in [0.3, 0.4) is 0 Å². The summed E-state index contributed by atoms with van der Waals surface area (Å²) in [6.07, 6.45) is -12.4. The lowest BCUT2D eigenvalue weighted by Crippen LogP contribution is -2.62. The molecule has 11 heterocycles. The van der Waals surface area contributed by atoms with Gasteiger partial charge < -0.3 is 85.1 Å². The number of amides is 4. The number of aromatic nitrogens is 7. The highest BCUT2D eigenvalue weighted by atomic mass is 32.1. The number of likely N-dealkylation sites (N-methyl/N-ethyl adjacent to an activating group) is 1. The molecule has 0 radical (unpaired) electrons. The van der Waals surface area contributed by atoms with E-state index in [0.717, 1.165) is 45.3 Å². The number of carbonyl (C=O) groups is 7. The summed E-state index contributed by atoms with van der Waals surface area (Å²) in [7, 11) is 8.66. The number of methoxy groups -OCH3 is 1. The maximum absolute atomic E-state index is 15.2. The number of esters is 2. The number of nitrogens with zero attached hydrogens (tertiary/aromatic N) is 9. The number of carboxylic acid groups (broad SMARTS) is 1. The number of rotatable bonds is 8. The van der Waals surface area contributed by atoms with E-state index in [-0.39, 0.29) is 99.9 Å². The number of hydrogen-bond donors (Lipinski definition) is 9. The van der Waals surface area contributed by atoms with Crippen LogP contribution in [0.1, 0.15) is 120 Å². The quantitative estimate of drug-likeness (QED) is 0.0488. The van der Waals surface area contributed by atoms with Crippen molar-refractivity contribution in [3.8, 4) is 38.4 Å². The predicted octanol–water partition coefficient (Wildman–Crippen LogP) is 5.86. The Bertz CT molecular complexity index is 4560. The fraction of sp³-hybridized carbons (Fsp3) is 0.403. The zero-order valence-electron chi connectivity index (χ0n) is 54.7. The molecule has 4 aliphatic heterocycles. The summed E-state index contributed by atoms with van der Waals surface area (Å²) in [4.78, 5) is 130. The molecule has 0 unspecified atom stereocenters. The van der Waals surface area contributed by atoms with Crippen LogP contribution in [0.5, 0.6) is 5.75 Å². The third-order valence-corrected chi connectivity index (χ3v) is 20.8. The lowest BCUT2D eigenvalue weighted by Gasteiger charge is -2.48. The van der Waals surface area contributed by atoms with Crippen molar-refractivity contribution >= 4 is 115 Å². The van der Waals surface area contributed by atoms with E-state index >= 15 is 14.4 Å². The number of carbonyl (C=O) groups excluding carboxylic acids is 6. The minimum Gasteiger partial charge on any atom is -0.506 e. The number of aliphatic hydroxyl groups excluding tert-OH is 1. The van der Waals surface area contributed by atoms with Gasteiger partial charge in [-0.05, 0) is 73.6 Å². The number of ether oxygens (including phenoxy) is 6. The van der Waals surface area contributed by atoms with Crippen molar-refractivity contribution < 1.29 is 101 Å². The third-order valence-electron chi connectivity index (χ3n) is 16.3. The molecular formula is C62H64F3N13O18S5. The zero-order valence-corrected chi connectivity index (χ0v) is 58.8. The number of pyridine rings is 1. The first-order valence-electron chi connectivity index (χ1n) is 30.4. The largest absolute Gasteiger partial charge is 0.506 e. The standard InChI is InChI=1S/C60H63N13O16S5.C2HF3O2/c1-24(74)40-52(79)69-41(25(2)84-9)55-65-35(23-93-55)51(78)70-44-46-47(89-38-14-60(4,82)48(72(7)8)26(3)88-38)59(81)86-16-27-11-10-12-36-39(27)30(17-85-46)45(73(36)83)58(80)87-18-31(62-49(76)33-22-94-57(44)66-33)54-63-32(20-92-54)42-29(53-64-34(21-91-53)50(77)68-40)13-37(75)43(67-42)56-61-28(19-90-56)15-71(5)6;3-2(4,5)1(6)7/h10-13,19-24,26,31,38,40,44,46-48,74-75,82-83H,14-18H2,1-9H3,(H,62,76)(H,68,77)(H,69,79)(H,70,78);(H,6,7)/b41-25+;/t24-,26+,31+,38+,40+,44+,46+,47+,48-,60+;/m1./s1. The van der Waals surface area contributed by atoms with Crippen LogP contribution in [0.2, 0.25) is 0 Å². The molecule has 9 N–H and O–H groups in total. The van der Waals surface area contributed by atoms with Gasteiger partial charge in [-0.25, -0.2) is 44.3 Å². The number of nitrogens with one attached hydrogen (secondary N) is 4. The number of allylic oxidation sites excluding steroid dienone is 1. The molecule has 7 aromatic heterocycles. The van der Waals surface area contributed by atoms with Crippen LogP contribution in [0, 0.1) is 0 Å². The van der Waals surface area contributed by atoms with Gasteiger partial charge in [-0.15, -0.1) is 56.7 Å². The van der Waals surface area contributed by atoms with Crippen molar-refractivity contribution in [1.29, 1.82) is 0 Å². The van der Waals surface area contributed by atoms with Crippen LogP contribution in [-0.4, -0.2) is 208 Å². The number of aliphatic carboxylic acids is 1. The molecule has 12 rings (SSSR count). The Morgan fingerprint density at radius 1 is 0.832 bits per heavy atom. The Labute approximate surface area is 590 Å². The highest BCUT2D eigenvalue weighted by molar-refractivity contribution is 7.14. The smallest absolute Gasteiger partial charge is 0.490 e. The van der Waals surface area contributed by atoms with Crippen LogP contribution in [0.15, 0.2) is 56.9 Å². The average molecular weight is 1500 g/mol. The lowest BCUT2D eigenvalue weighted by atomic mass is 9.85. The molecule has 0 saturated carbocycles. The maximum Gasteiger partial charge on any atom is 0.490 e. The minimum atomic E-state index is -5.08. The normalized spacial score (nSPS) is 23.8. The van der Waals surface area contributed by atoms with Gasteiger partial charge in [0, 0.05) is 56.4 Å². The summed E-state index contributed by atoms with van der Waals surface area (Å²) in [5.74, 6) is -8.65. The molecule has 10 atom stereocenters. The van der Waals surface area contributed by atoms with Crippen molar-refractivity contribution in [2.45, 2.75) is 121 Å². The second-order valence-electron chi connectivity index (χ2n) is 24.2. The first-order valence-corrected chi connectivity index (χ1v) is 34.8. The van der Waals surface area contributed by atoms with E-state index in [4.69, 9.17) is 58.3 Å². The molecule has 1 saturated heterocycles. The molecule has 1 aromatic carbocycles. The number of carboxylic acids is 1. The van der Waals surface area contributed by atoms with Crippen molar-refractivity contribution in [1.82, 2.24) is 65.7 Å². The van der Waals surface area contributed by atoms with Gasteiger partial charge in [0.2, 0.25) is 5.91 Å². The molecule has 39 heteroatoms. The van der Waals surface area contributed by atoms with E-state index in [2.05, 4.69) is 31.2 Å². The summed E-state index contributed by atoms with van der Waals surface area (Å²) in [5, 5.41) is 73.8. The van der Waals surface area contributed by atoms with E-state index in [1.54, 1.807) is 50.4 Å². The fourth-order valence-electron chi connectivity index (χ4n) is 11.8. The van der Waals surface area contributed by atoms with Gasteiger partial charge in [-0.2, -0.15) is 17.9 Å². The predicted molar refractivity (Wildman–Crippen MR) is 355 cm³/mol. The van der Waals surface area contributed by atoms with Gasteiger partial charge in [0.25, 0.3) is 17.7 Å². The van der Waals surface area contributed by atoms with Gasteiger partial charge in [0.05, 0.1) is 48.8 Å². The van der Waals surface area contributed by atoms with Crippen LogP contribution in [0.4, 0.5) is 13.2 Å². The molecule has 4 amide bonds. The number of cyclic esters (lactones) is 2. The van der Waals surface area contributed by atoms with Crippen molar-refractivity contribution in [2.24, 2.45) is 0 Å². The van der Waals surface area contributed by atoms with Gasteiger partial charge in [-0.3, -0.25) is 19.2 Å². The van der Waals surface area contributed by atoms with E-state index in [0.29, 0.717) is 27.5 Å². The number of aliphatic hydroxyl groups is 2. The maximum atomic E-state index is 15.2. The third kappa shape index (κ3) is 15.4. The second kappa shape index (κ2) is 29.5. The number of fused-ring (bicyclic) bond motifs is 15. The Hall–Kier alpha value is -9.00. The number of hydrogen-bond acceptors (Lipinski definition) is 30. The van der Waals surface area contributed by atoms with Gasteiger partial charge >= 0.3 is 24.1 Å². The van der Waals surface area contributed by atoms with E-state index < -0.39 is 134 Å². The molecule has 0 spiro atoms. The number of benzene rings is 1. The Morgan fingerprint density at radius 3 is 2.14 bits per heavy atom. The van der Waals surface area contributed by atoms with Crippen molar-refractivity contribution in [3.05, 3.63) is 112 Å². The Kier molecular flexibility index (Phi) is 21.4. The topological polar surface area (TPSA) is 413 Å². The van der Waals surface area contributed by atoms with Crippen molar-refractivity contribution in [2.75, 3.05) is 41.9 Å². The van der Waals surface area contributed by atoms with Crippen molar-refractivity contribution in [3.63, 3.8) is 0 Å². The van der Waals surface area contributed by atoms with E-state index in [1.165, 1.54) is 60.6 Å². The highest BCUT2D eigenvalue weighted by Gasteiger charge is 2.50. The van der Waals surface area contributed by atoms with Crippen LogP contribution in [0.25, 0.3) is 49.3 Å². The van der Waals surface area contributed by atoms with Crippen LogP contribution in [-0.2, 0) is 62.6 Å². The number of alkyl halides is 3. The molecular weight excluding hydrogens is 1430 g/mol. The average Bonchev–Trinajstić information content (AvgIpc) is 1.64. The molecule has 12 bridgehead atoms. The molecule has 8 aromatic rings. The second-order valence-corrected chi connectivity index (χ2v) is 28.5. The molecule has 1 fully saturated rings. The summed E-state index contributed by atoms with van der Waals surface area (Å²) >= 11 is 5.06. The minimum absolute atomic E-state index is 0.0142. The fourth-order valence-corrected chi connectivity index (χ4v) is 16.0. The van der Waals surface area contributed by atoms with Gasteiger partial charge in [-0.1, -0.05) is 12.1 Å². The number of halogens is 3. The van der Waals surface area contributed by atoms with Crippen LogP contribution < -0.4 is 21.3 Å². The SMILES string of the molecule is CO/C(C)=C1/NC(=O)[C@H]([C@@H](C)O)NC(=O)c2csc(n2)-c2cc(O)c(-c3nc(CN(C)C)cs3)nc2-c2csc(n2)[C@@H]2COC(=O)c3c4c5c(cccc5n3O)COC(=O)[C@@H](O[C@H]3C[C@](C)(O)[C@H](N(C)C)[C@H](C)O3)[C@@H](OC4)[C@H](NC(=O)c3csc1n3)c1nc(cs1)C(=O)N2.O=C(O)C(F)(F)F. The van der Waals surface area contributed by atoms with Gasteiger partial charge in [0.15, 0.2) is 18.1 Å². The molecule has 4 aliphatic rings. The number of thiazole rings is 5.